The molecule has 0 fully saturated rings. The number of rotatable bonds is 6. The van der Waals surface area contributed by atoms with Crippen molar-refractivity contribution in [1.82, 2.24) is 9.55 Å². The van der Waals surface area contributed by atoms with Crippen LogP contribution >= 0.6 is 15.9 Å². The van der Waals surface area contributed by atoms with E-state index in [2.05, 4.69) is 20.9 Å². The molecule has 2 aromatic rings. The maximum absolute atomic E-state index is 12.8. The van der Waals surface area contributed by atoms with Gasteiger partial charge < -0.3 is 5.11 Å². The Labute approximate surface area is 153 Å². The zero-order valence-corrected chi connectivity index (χ0v) is 16.5. The van der Waals surface area contributed by atoms with Crippen molar-refractivity contribution in [3.05, 3.63) is 39.4 Å². The lowest BCUT2D eigenvalue weighted by molar-refractivity contribution is -0.140. The fourth-order valence-electron chi connectivity index (χ4n) is 2.65. The van der Waals surface area contributed by atoms with E-state index in [1.165, 1.54) is 17.8 Å². The number of carbonyl (C=O) groups is 1. The van der Waals surface area contributed by atoms with Crippen LogP contribution in [0.15, 0.2) is 33.8 Å². The standard InChI is InChI=1S/C16H19BrN2O5S/c1-4-11(8-16(2,15(21)22)25(3,23)24)19-9-18-13-7-10(17)5-6-12(13)14(19)20/h5-7,9,11H,4,8H2,1-3H3,(H,21,22). The van der Waals surface area contributed by atoms with Gasteiger partial charge in [0.1, 0.15) is 0 Å². The number of carboxylic acid groups (broad SMARTS) is 1. The number of fused-ring (bicyclic) bond motifs is 1. The Morgan fingerprint density at radius 3 is 2.60 bits per heavy atom. The van der Waals surface area contributed by atoms with Gasteiger partial charge in [-0.1, -0.05) is 22.9 Å². The lowest BCUT2D eigenvalue weighted by Crippen LogP contribution is -2.45. The van der Waals surface area contributed by atoms with E-state index in [4.69, 9.17) is 0 Å². The molecule has 1 heterocycles. The van der Waals surface area contributed by atoms with Gasteiger partial charge in [-0.15, -0.1) is 0 Å². The smallest absolute Gasteiger partial charge is 0.324 e. The summed E-state index contributed by atoms with van der Waals surface area (Å²) in [4.78, 5) is 28.6. The van der Waals surface area contributed by atoms with E-state index in [9.17, 15) is 23.1 Å². The van der Waals surface area contributed by atoms with E-state index in [-0.39, 0.29) is 12.0 Å². The molecule has 0 radical (unpaired) electrons. The first-order valence-electron chi connectivity index (χ1n) is 7.60. The molecule has 0 amide bonds. The molecule has 0 saturated carbocycles. The molecule has 1 aromatic carbocycles. The summed E-state index contributed by atoms with van der Waals surface area (Å²) in [5.41, 5.74) is 0.181. The van der Waals surface area contributed by atoms with Crippen LogP contribution < -0.4 is 5.56 Å². The number of benzene rings is 1. The fraction of sp³-hybridized carbons (Fsp3) is 0.438. The van der Waals surface area contributed by atoms with Gasteiger partial charge in [-0.25, -0.2) is 13.4 Å². The van der Waals surface area contributed by atoms with Crippen molar-refractivity contribution in [2.24, 2.45) is 0 Å². The number of hydrogen-bond donors (Lipinski definition) is 1. The van der Waals surface area contributed by atoms with E-state index in [0.29, 0.717) is 17.3 Å². The van der Waals surface area contributed by atoms with Crippen LogP contribution in [0.4, 0.5) is 0 Å². The van der Waals surface area contributed by atoms with Crippen LogP contribution in [0, 0.1) is 0 Å². The molecule has 2 unspecified atom stereocenters. The van der Waals surface area contributed by atoms with Crippen LogP contribution in [0.5, 0.6) is 0 Å². The molecular formula is C16H19BrN2O5S. The van der Waals surface area contributed by atoms with Crippen molar-refractivity contribution in [2.45, 2.75) is 37.5 Å². The summed E-state index contributed by atoms with van der Waals surface area (Å²) in [5.74, 6) is -1.43. The van der Waals surface area contributed by atoms with E-state index in [1.807, 2.05) is 0 Å². The van der Waals surface area contributed by atoms with E-state index in [0.717, 1.165) is 10.7 Å². The summed E-state index contributed by atoms with van der Waals surface area (Å²) < 4.78 is 24.2. The molecule has 0 spiro atoms. The Hall–Kier alpha value is -1.74. The average Bonchev–Trinajstić information content (AvgIpc) is 2.51. The van der Waals surface area contributed by atoms with Crippen molar-refractivity contribution < 1.29 is 18.3 Å². The second-order valence-electron chi connectivity index (χ2n) is 6.19. The molecule has 1 N–H and O–H groups in total. The van der Waals surface area contributed by atoms with Gasteiger partial charge in [-0.05, 0) is 38.0 Å². The molecule has 0 aliphatic rings. The van der Waals surface area contributed by atoms with Gasteiger partial charge in [-0.3, -0.25) is 14.2 Å². The molecule has 1 aromatic heterocycles. The van der Waals surface area contributed by atoms with Gasteiger partial charge in [0.25, 0.3) is 5.56 Å². The number of halogens is 1. The summed E-state index contributed by atoms with van der Waals surface area (Å²) in [6.07, 6.45) is 2.41. The highest BCUT2D eigenvalue weighted by Crippen LogP contribution is 2.30. The monoisotopic (exact) mass is 430 g/mol. The van der Waals surface area contributed by atoms with Crippen molar-refractivity contribution in [2.75, 3.05) is 6.26 Å². The summed E-state index contributed by atoms with van der Waals surface area (Å²) >= 11 is 3.31. The minimum Gasteiger partial charge on any atom is -0.480 e. The first kappa shape index (κ1) is 19.6. The number of nitrogens with zero attached hydrogens (tertiary/aromatic N) is 2. The van der Waals surface area contributed by atoms with Crippen LogP contribution in [-0.4, -0.2) is 40.0 Å². The lowest BCUT2D eigenvalue weighted by atomic mass is 9.98. The molecule has 25 heavy (non-hydrogen) atoms. The minimum absolute atomic E-state index is 0.221. The summed E-state index contributed by atoms with van der Waals surface area (Å²) in [6, 6.07) is 4.45. The highest BCUT2D eigenvalue weighted by molar-refractivity contribution is 9.10. The normalized spacial score (nSPS) is 15.7. The Morgan fingerprint density at radius 2 is 2.08 bits per heavy atom. The Kier molecular flexibility index (Phi) is 5.38. The molecule has 2 rings (SSSR count). The number of aromatic nitrogens is 2. The molecule has 2 atom stereocenters. The van der Waals surface area contributed by atoms with Crippen molar-refractivity contribution >= 4 is 42.6 Å². The van der Waals surface area contributed by atoms with E-state index < -0.39 is 26.6 Å². The summed E-state index contributed by atoms with van der Waals surface area (Å²) in [6.45, 7) is 2.94. The van der Waals surface area contributed by atoms with Gasteiger partial charge in [0.2, 0.25) is 0 Å². The highest BCUT2D eigenvalue weighted by atomic mass is 79.9. The third kappa shape index (κ3) is 3.62. The Bertz CT molecular complexity index is 986. The molecule has 0 aliphatic carbocycles. The number of hydrogen-bond acceptors (Lipinski definition) is 5. The van der Waals surface area contributed by atoms with Crippen LogP contribution in [0.3, 0.4) is 0 Å². The average molecular weight is 431 g/mol. The summed E-state index contributed by atoms with van der Waals surface area (Å²) in [5, 5.41) is 9.83. The van der Waals surface area contributed by atoms with Crippen LogP contribution in [0.2, 0.25) is 0 Å². The molecule has 7 nitrogen and oxygen atoms in total. The van der Waals surface area contributed by atoms with Crippen LogP contribution in [0.1, 0.15) is 32.7 Å². The van der Waals surface area contributed by atoms with Gasteiger partial charge in [-0.2, -0.15) is 0 Å². The second-order valence-corrected chi connectivity index (χ2v) is 9.55. The second kappa shape index (κ2) is 6.87. The predicted octanol–water partition coefficient (Wildman–Crippen LogP) is 2.39. The maximum Gasteiger partial charge on any atom is 0.324 e. The largest absolute Gasteiger partial charge is 0.480 e. The van der Waals surface area contributed by atoms with Gasteiger partial charge in [0.15, 0.2) is 14.6 Å². The zero-order valence-electron chi connectivity index (χ0n) is 14.1. The number of carboxylic acids is 1. The van der Waals surface area contributed by atoms with Crippen LogP contribution in [-0.2, 0) is 14.6 Å². The predicted molar refractivity (Wildman–Crippen MR) is 98.5 cm³/mol. The summed E-state index contributed by atoms with van der Waals surface area (Å²) in [7, 11) is -3.88. The topological polar surface area (TPSA) is 106 Å². The van der Waals surface area contributed by atoms with Crippen LogP contribution in [0.25, 0.3) is 10.9 Å². The molecule has 136 valence electrons. The Balaban J connectivity index is 2.57. The van der Waals surface area contributed by atoms with E-state index >= 15 is 0 Å². The third-order valence-electron chi connectivity index (χ3n) is 4.51. The maximum atomic E-state index is 12.8. The quantitative estimate of drug-likeness (QED) is 0.753. The molecule has 0 bridgehead atoms. The first-order valence-corrected chi connectivity index (χ1v) is 10.3. The Morgan fingerprint density at radius 1 is 1.44 bits per heavy atom. The molecular weight excluding hydrogens is 412 g/mol. The van der Waals surface area contributed by atoms with E-state index in [1.54, 1.807) is 25.1 Å². The molecule has 9 heteroatoms. The first-order chi connectivity index (χ1) is 11.5. The van der Waals surface area contributed by atoms with Gasteiger partial charge in [0, 0.05) is 16.8 Å². The SMILES string of the molecule is CCC(CC(C)(C(=O)O)S(C)(=O)=O)n1cnc2cc(Br)ccc2c1=O. The fourth-order valence-corrected chi connectivity index (χ4v) is 3.82. The molecule has 0 aliphatic heterocycles. The molecule has 0 saturated heterocycles. The van der Waals surface area contributed by atoms with Crippen molar-refractivity contribution in [3.8, 4) is 0 Å². The third-order valence-corrected chi connectivity index (χ3v) is 6.98. The zero-order chi connectivity index (χ0) is 19.0. The highest BCUT2D eigenvalue weighted by Gasteiger charge is 2.45. The van der Waals surface area contributed by atoms with Gasteiger partial charge in [0.05, 0.1) is 17.2 Å². The lowest BCUT2D eigenvalue weighted by Gasteiger charge is -2.28. The minimum atomic E-state index is -3.88. The van der Waals surface area contributed by atoms with Crippen molar-refractivity contribution in [3.63, 3.8) is 0 Å². The van der Waals surface area contributed by atoms with Gasteiger partial charge >= 0.3 is 5.97 Å². The number of aliphatic carboxylic acids is 1. The van der Waals surface area contributed by atoms with Crippen molar-refractivity contribution in [1.29, 1.82) is 0 Å². The number of sulfone groups is 1.